The molecule has 1 aliphatic rings. The van der Waals surface area contributed by atoms with Crippen LogP contribution in [0.15, 0.2) is 35.9 Å². The maximum absolute atomic E-state index is 9.00. The van der Waals surface area contributed by atoms with Gasteiger partial charge in [0, 0.05) is 6.54 Å². The van der Waals surface area contributed by atoms with Gasteiger partial charge in [-0.3, -0.25) is 0 Å². The predicted octanol–water partition coefficient (Wildman–Crippen LogP) is 3.26. The quantitative estimate of drug-likeness (QED) is 0.796. The Morgan fingerprint density at radius 2 is 1.89 bits per heavy atom. The van der Waals surface area contributed by atoms with Crippen molar-refractivity contribution < 1.29 is 5.11 Å². The van der Waals surface area contributed by atoms with Gasteiger partial charge in [0.25, 0.3) is 0 Å². The summed E-state index contributed by atoms with van der Waals surface area (Å²) in [6, 6.07) is 8.17. The van der Waals surface area contributed by atoms with Crippen LogP contribution in [-0.4, -0.2) is 11.7 Å². The van der Waals surface area contributed by atoms with Crippen molar-refractivity contribution in [1.29, 1.82) is 0 Å². The van der Waals surface area contributed by atoms with Crippen molar-refractivity contribution in [3.05, 3.63) is 47.0 Å². The molecular formula is C17H25NO. The molecule has 2 unspecified atom stereocenters. The largest absolute Gasteiger partial charge is 0.392 e. The van der Waals surface area contributed by atoms with E-state index in [2.05, 4.69) is 37.4 Å². The Hall–Kier alpha value is -1.12. The second-order valence-electron chi connectivity index (χ2n) is 5.90. The molecule has 0 aliphatic heterocycles. The number of benzene rings is 1. The van der Waals surface area contributed by atoms with E-state index in [1.807, 2.05) is 12.1 Å². The zero-order chi connectivity index (χ0) is 13.7. The molecule has 0 saturated heterocycles. The fourth-order valence-electron chi connectivity index (χ4n) is 3.02. The second-order valence-corrected chi connectivity index (χ2v) is 5.90. The lowest BCUT2D eigenvalue weighted by molar-refractivity contribution is 0.282. The first kappa shape index (κ1) is 14.3. The molecule has 2 heteroatoms. The number of rotatable bonds is 5. The highest BCUT2D eigenvalue weighted by Crippen LogP contribution is 2.27. The first-order valence-corrected chi connectivity index (χ1v) is 7.24. The van der Waals surface area contributed by atoms with Crippen LogP contribution in [0.5, 0.6) is 0 Å². The van der Waals surface area contributed by atoms with Crippen LogP contribution >= 0.6 is 0 Å². The maximum Gasteiger partial charge on any atom is 0.0681 e. The Balaban J connectivity index is 1.75. The number of nitrogens with one attached hydrogen (secondary N) is 1. The van der Waals surface area contributed by atoms with Crippen molar-refractivity contribution in [3.8, 4) is 0 Å². The zero-order valence-corrected chi connectivity index (χ0v) is 12.0. The van der Waals surface area contributed by atoms with Gasteiger partial charge in [-0.25, -0.2) is 0 Å². The van der Waals surface area contributed by atoms with Crippen molar-refractivity contribution in [2.24, 2.45) is 11.8 Å². The van der Waals surface area contributed by atoms with Crippen LogP contribution in [0.4, 0.5) is 0 Å². The van der Waals surface area contributed by atoms with Crippen molar-refractivity contribution in [3.63, 3.8) is 0 Å². The van der Waals surface area contributed by atoms with Gasteiger partial charge in [-0.15, -0.1) is 0 Å². The standard InChI is InChI=1S/C17H25NO/c1-13-7-14(2)9-17(8-13)11-18-10-15-3-5-16(12-19)6-4-15/h3-7,13,17-19H,8-12H2,1-2H3. The summed E-state index contributed by atoms with van der Waals surface area (Å²) in [6.45, 7) is 6.69. The Morgan fingerprint density at radius 1 is 1.21 bits per heavy atom. The van der Waals surface area contributed by atoms with E-state index in [1.54, 1.807) is 0 Å². The number of hydrogen-bond donors (Lipinski definition) is 2. The molecule has 2 rings (SSSR count). The molecule has 0 aromatic heterocycles. The molecule has 1 aliphatic carbocycles. The van der Waals surface area contributed by atoms with Crippen LogP contribution in [0, 0.1) is 11.8 Å². The van der Waals surface area contributed by atoms with Gasteiger partial charge in [-0.2, -0.15) is 0 Å². The predicted molar refractivity (Wildman–Crippen MR) is 79.7 cm³/mol. The van der Waals surface area contributed by atoms with Crippen molar-refractivity contribution in [1.82, 2.24) is 5.32 Å². The topological polar surface area (TPSA) is 32.3 Å². The van der Waals surface area contributed by atoms with Gasteiger partial charge in [0.2, 0.25) is 0 Å². The van der Waals surface area contributed by atoms with E-state index in [9.17, 15) is 0 Å². The minimum absolute atomic E-state index is 0.124. The molecular weight excluding hydrogens is 234 g/mol. The molecule has 104 valence electrons. The van der Waals surface area contributed by atoms with Crippen LogP contribution in [0.3, 0.4) is 0 Å². The summed E-state index contributed by atoms with van der Waals surface area (Å²) in [6.07, 6.45) is 4.94. The first-order chi connectivity index (χ1) is 9.17. The molecule has 0 spiro atoms. The minimum Gasteiger partial charge on any atom is -0.392 e. The Labute approximate surface area is 116 Å². The zero-order valence-electron chi connectivity index (χ0n) is 12.0. The SMILES string of the molecule is CC1=CC(C)CC(CNCc2ccc(CO)cc2)C1. The third kappa shape index (κ3) is 4.48. The summed E-state index contributed by atoms with van der Waals surface area (Å²) in [4.78, 5) is 0. The highest BCUT2D eigenvalue weighted by molar-refractivity contribution is 5.21. The highest BCUT2D eigenvalue weighted by atomic mass is 16.3. The van der Waals surface area contributed by atoms with Gasteiger partial charge >= 0.3 is 0 Å². The Morgan fingerprint density at radius 3 is 2.53 bits per heavy atom. The van der Waals surface area contributed by atoms with E-state index in [0.717, 1.165) is 30.5 Å². The lowest BCUT2D eigenvalue weighted by atomic mass is 9.84. The van der Waals surface area contributed by atoms with Crippen molar-refractivity contribution in [2.45, 2.75) is 39.8 Å². The summed E-state index contributed by atoms with van der Waals surface area (Å²) >= 11 is 0. The van der Waals surface area contributed by atoms with E-state index in [4.69, 9.17) is 5.11 Å². The number of hydrogen-bond acceptors (Lipinski definition) is 2. The monoisotopic (exact) mass is 259 g/mol. The molecule has 0 fully saturated rings. The highest BCUT2D eigenvalue weighted by Gasteiger charge is 2.17. The van der Waals surface area contributed by atoms with Gasteiger partial charge in [-0.1, -0.05) is 42.8 Å². The molecule has 2 nitrogen and oxygen atoms in total. The molecule has 0 bridgehead atoms. The molecule has 1 aromatic carbocycles. The van der Waals surface area contributed by atoms with Crippen LogP contribution in [0.1, 0.15) is 37.8 Å². The minimum atomic E-state index is 0.124. The molecule has 2 N–H and O–H groups in total. The molecule has 0 amide bonds. The second kappa shape index (κ2) is 6.88. The van der Waals surface area contributed by atoms with Crippen LogP contribution < -0.4 is 5.32 Å². The normalized spacial score (nSPS) is 23.2. The van der Waals surface area contributed by atoms with E-state index >= 15 is 0 Å². The van der Waals surface area contributed by atoms with Gasteiger partial charge in [0.15, 0.2) is 0 Å². The van der Waals surface area contributed by atoms with Gasteiger partial charge in [0.1, 0.15) is 0 Å². The molecule has 0 radical (unpaired) electrons. The van der Waals surface area contributed by atoms with Crippen LogP contribution in [-0.2, 0) is 13.2 Å². The fraction of sp³-hybridized carbons (Fsp3) is 0.529. The molecule has 0 heterocycles. The van der Waals surface area contributed by atoms with Gasteiger partial charge < -0.3 is 10.4 Å². The Kier molecular flexibility index (Phi) is 5.17. The fourth-order valence-corrected chi connectivity index (χ4v) is 3.02. The summed E-state index contributed by atoms with van der Waals surface area (Å²) in [5.74, 6) is 1.50. The molecule has 1 aromatic rings. The third-order valence-corrected chi connectivity index (χ3v) is 3.85. The lowest BCUT2D eigenvalue weighted by Gasteiger charge is -2.25. The van der Waals surface area contributed by atoms with Gasteiger partial charge in [-0.05, 0) is 49.3 Å². The molecule has 2 atom stereocenters. The van der Waals surface area contributed by atoms with E-state index < -0.39 is 0 Å². The average molecular weight is 259 g/mol. The molecule has 0 saturated carbocycles. The Bertz CT molecular complexity index is 421. The van der Waals surface area contributed by atoms with Crippen LogP contribution in [0.2, 0.25) is 0 Å². The van der Waals surface area contributed by atoms with Crippen molar-refractivity contribution in [2.75, 3.05) is 6.54 Å². The number of aliphatic hydroxyl groups is 1. The maximum atomic E-state index is 9.00. The summed E-state index contributed by atoms with van der Waals surface area (Å²) < 4.78 is 0. The number of aliphatic hydroxyl groups excluding tert-OH is 1. The summed E-state index contributed by atoms with van der Waals surface area (Å²) in [5.41, 5.74) is 3.80. The third-order valence-electron chi connectivity index (χ3n) is 3.85. The van der Waals surface area contributed by atoms with E-state index in [0.29, 0.717) is 0 Å². The van der Waals surface area contributed by atoms with Crippen molar-refractivity contribution >= 4 is 0 Å². The van der Waals surface area contributed by atoms with E-state index in [-0.39, 0.29) is 6.61 Å². The first-order valence-electron chi connectivity index (χ1n) is 7.24. The average Bonchev–Trinajstić information content (AvgIpc) is 2.38. The molecule has 19 heavy (non-hydrogen) atoms. The number of allylic oxidation sites excluding steroid dienone is 2. The smallest absolute Gasteiger partial charge is 0.0681 e. The lowest BCUT2D eigenvalue weighted by Crippen LogP contribution is -2.25. The van der Waals surface area contributed by atoms with E-state index in [1.165, 1.54) is 24.0 Å². The summed E-state index contributed by atoms with van der Waals surface area (Å²) in [7, 11) is 0. The summed E-state index contributed by atoms with van der Waals surface area (Å²) in [5, 5.41) is 12.6. The van der Waals surface area contributed by atoms with Gasteiger partial charge in [0.05, 0.1) is 6.61 Å². The van der Waals surface area contributed by atoms with Crippen LogP contribution in [0.25, 0.3) is 0 Å².